The van der Waals surface area contributed by atoms with Crippen molar-refractivity contribution in [1.82, 2.24) is 20.2 Å². The van der Waals surface area contributed by atoms with E-state index in [1.165, 1.54) is 12.1 Å². The third-order valence-corrected chi connectivity index (χ3v) is 3.18. The molecule has 0 radical (unpaired) electrons. The third kappa shape index (κ3) is 3.05. The Morgan fingerprint density at radius 2 is 1.95 bits per heavy atom. The molecule has 0 aliphatic heterocycles. The van der Waals surface area contributed by atoms with Gasteiger partial charge in [-0.3, -0.25) is 0 Å². The van der Waals surface area contributed by atoms with Gasteiger partial charge in [0.25, 0.3) is 0 Å². The van der Waals surface area contributed by atoms with Gasteiger partial charge in [0, 0.05) is 17.8 Å². The summed E-state index contributed by atoms with van der Waals surface area (Å²) in [5.74, 6) is 0.416. The molecule has 0 saturated heterocycles. The van der Waals surface area contributed by atoms with Crippen molar-refractivity contribution in [2.75, 3.05) is 5.73 Å². The molecule has 106 valence electrons. The van der Waals surface area contributed by atoms with Gasteiger partial charge >= 0.3 is 0 Å². The summed E-state index contributed by atoms with van der Waals surface area (Å²) in [6.07, 6.45) is 0.651. The summed E-state index contributed by atoms with van der Waals surface area (Å²) in [7, 11) is 0. The lowest BCUT2D eigenvalue weighted by Gasteiger charge is -2.05. The van der Waals surface area contributed by atoms with Gasteiger partial charge in [0.05, 0.1) is 0 Å². The van der Waals surface area contributed by atoms with E-state index >= 15 is 0 Å². The molecule has 3 rings (SSSR count). The molecule has 3 aromatic rings. The van der Waals surface area contributed by atoms with Crippen LogP contribution in [0.3, 0.4) is 0 Å². The molecule has 1 aromatic heterocycles. The summed E-state index contributed by atoms with van der Waals surface area (Å²) in [5.41, 5.74) is 8.20. The molecule has 0 aliphatic rings. The molecule has 5 nitrogen and oxygen atoms in total. The standard InChI is InChI=1S/C15H14FN5/c16-13-5-1-3-11(9-13)7-8-21-15(18-19-20-21)12-4-2-6-14(17)10-12/h1-6,9-10H,7-8,17H2. The highest BCUT2D eigenvalue weighted by molar-refractivity contribution is 5.60. The van der Waals surface area contributed by atoms with E-state index in [0.717, 1.165) is 11.1 Å². The summed E-state index contributed by atoms with van der Waals surface area (Å²) >= 11 is 0. The topological polar surface area (TPSA) is 69.6 Å². The van der Waals surface area contributed by atoms with Crippen LogP contribution >= 0.6 is 0 Å². The molecular formula is C15H14FN5. The molecule has 0 fully saturated rings. The second-order valence-electron chi connectivity index (χ2n) is 4.73. The van der Waals surface area contributed by atoms with Crippen LogP contribution < -0.4 is 5.73 Å². The minimum Gasteiger partial charge on any atom is -0.399 e. The fourth-order valence-corrected chi connectivity index (χ4v) is 2.17. The molecule has 0 atom stereocenters. The highest BCUT2D eigenvalue weighted by Crippen LogP contribution is 2.18. The fourth-order valence-electron chi connectivity index (χ4n) is 2.17. The Hall–Kier alpha value is -2.76. The van der Waals surface area contributed by atoms with E-state index in [2.05, 4.69) is 15.5 Å². The molecule has 0 spiro atoms. The molecule has 1 heterocycles. The number of rotatable bonds is 4. The van der Waals surface area contributed by atoms with Crippen LogP contribution in [0.5, 0.6) is 0 Å². The first-order chi connectivity index (χ1) is 10.2. The smallest absolute Gasteiger partial charge is 0.182 e. The zero-order chi connectivity index (χ0) is 14.7. The lowest BCUT2D eigenvalue weighted by molar-refractivity contribution is 0.588. The van der Waals surface area contributed by atoms with Crippen molar-refractivity contribution in [1.29, 1.82) is 0 Å². The Morgan fingerprint density at radius 3 is 2.76 bits per heavy atom. The van der Waals surface area contributed by atoms with Gasteiger partial charge in [-0.25, -0.2) is 9.07 Å². The third-order valence-electron chi connectivity index (χ3n) is 3.18. The summed E-state index contributed by atoms with van der Waals surface area (Å²) < 4.78 is 14.9. The van der Waals surface area contributed by atoms with Gasteiger partial charge in [-0.05, 0) is 46.7 Å². The van der Waals surface area contributed by atoms with Crippen LogP contribution in [0.2, 0.25) is 0 Å². The maximum Gasteiger partial charge on any atom is 0.182 e. The van der Waals surface area contributed by atoms with Crippen LogP contribution in [0.15, 0.2) is 48.5 Å². The predicted octanol–water partition coefficient (Wildman–Crippen LogP) is 2.30. The fraction of sp³-hybridized carbons (Fsp3) is 0.133. The first-order valence-electron chi connectivity index (χ1n) is 6.59. The van der Waals surface area contributed by atoms with E-state index in [4.69, 9.17) is 5.73 Å². The van der Waals surface area contributed by atoms with Gasteiger partial charge < -0.3 is 5.73 Å². The van der Waals surface area contributed by atoms with Gasteiger partial charge in [0.1, 0.15) is 5.82 Å². The quantitative estimate of drug-likeness (QED) is 0.746. The van der Waals surface area contributed by atoms with Gasteiger partial charge in [-0.2, -0.15) is 0 Å². The highest BCUT2D eigenvalue weighted by Gasteiger charge is 2.09. The van der Waals surface area contributed by atoms with Crippen LogP contribution in [0.1, 0.15) is 5.56 Å². The van der Waals surface area contributed by atoms with E-state index in [0.29, 0.717) is 24.5 Å². The van der Waals surface area contributed by atoms with E-state index < -0.39 is 0 Å². The molecule has 0 saturated carbocycles. The normalized spacial score (nSPS) is 10.7. The minimum absolute atomic E-state index is 0.236. The summed E-state index contributed by atoms with van der Waals surface area (Å²) in [6, 6.07) is 13.9. The molecule has 0 amide bonds. The van der Waals surface area contributed by atoms with Crippen molar-refractivity contribution in [2.45, 2.75) is 13.0 Å². The zero-order valence-electron chi connectivity index (χ0n) is 11.3. The molecular weight excluding hydrogens is 269 g/mol. The molecule has 6 heteroatoms. The van der Waals surface area contributed by atoms with Crippen molar-refractivity contribution >= 4 is 5.69 Å². The number of hydrogen-bond acceptors (Lipinski definition) is 4. The van der Waals surface area contributed by atoms with E-state index in [-0.39, 0.29) is 5.82 Å². The molecule has 2 aromatic carbocycles. The number of anilines is 1. The number of nitrogens with zero attached hydrogens (tertiary/aromatic N) is 4. The molecule has 21 heavy (non-hydrogen) atoms. The number of aromatic nitrogens is 4. The molecule has 0 unspecified atom stereocenters. The second-order valence-corrected chi connectivity index (χ2v) is 4.73. The summed E-state index contributed by atoms with van der Waals surface area (Å²) in [6.45, 7) is 0.570. The van der Waals surface area contributed by atoms with E-state index in [9.17, 15) is 4.39 Å². The number of tetrazole rings is 1. The van der Waals surface area contributed by atoms with E-state index in [1.54, 1.807) is 10.7 Å². The van der Waals surface area contributed by atoms with E-state index in [1.807, 2.05) is 30.3 Å². The number of nitrogens with two attached hydrogens (primary N) is 1. The highest BCUT2D eigenvalue weighted by atomic mass is 19.1. The number of halogens is 1. The second kappa shape index (κ2) is 5.70. The van der Waals surface area contributed by atoms with Crippen molar-refractivity contribution < 1.29 is 4.39 Å². The SMILES string of the molecule is Nc1cccc(-c2nnnn2CCc2cccc(F)c2)c1. The zero-order valence-corrected chi connectivity index (χ0v) is 11.3. The van der Waals surface area contributed by atoms with Crippen molar-refractivity contribution in [2.24, 2.45) is 0 Å². The maximum atomic E-state index is 13.2. The van der Waals surface area contributed by atoms with Crippen molar-refractivity contribution in [3.8, 4) is 11.4 Å². The average Bonchev–Trinajstić information content (AvgIpc) is 2.94. The maximum absolute atomic E-state index is 13.2. The van der Waals surface area contributed by atoms with Crippen LogP contribution in [-0.4, -0.2) is 20.2 Å². The lowest BCUT2D eigenvalue weighted by Crippen LogP contribution is -2.06. The van der Waals surface area contributed by atoms with Crippen LogP contribution in [-0.2, 0) is 13.0 Å². The van der Waals surface area contributed by atoms with Crippen LogP contribution in [0.4, 0.5) is 10.1 Å². The summed E-state index contributed by atoms with van der Waals surface area (Å²) in [4.78, 5) is 0. The summed E-state index contributed by atoms with van der Waals surface area (Å²) in [5, 5.41) is 11.7. The predicted molar refractivity (Wildman–Crippen MR) is 77.8 cm³/mol. The Kier molecular flexibility index (Phi) is 3.59. The number of benzene rings is 2. The first kappa shape index (κ1) is 13.2. The monoisotopic (exact) mass is 283 g/mol. The van der Waals surface area contributed by atoms with Crippen molar-refractivity contribution in [3.05, 3.63) is 59.9 Å². The van der Waals surface area contributed by atoms with Gasteiger partial charge in [-0.1, -0.05) is 24.3 Å². The van der Waals surface area contributed by atoms with Gasteiger partial charge in [0.15, 0.2) is 5.82 Å². The van der Waals surface area contributed by atoms with Crippen LogP contribution in [0.25, 0.3) is 11.4 Å². The van der Waals surface area contributed by atoms with Crippen LogP contribution in [0, 0.1) is 5.82 Å². The Bertz CT molecular complexity index is 753. The Balaban J connectivity index is 1.80. The average molecular weight is 283 g/mol. The minimum atomic E-state index is -0.236. The number of aryl methyl sites for hydroxylation is 2. The first-order valence-corrected chi connectivity index (χ1v) is 6.59. The Labute approximate surface area is 121 Å². The number of hydrogen-bond donors (Lipinski definition) is 1. The largest absolute Gasteiger partial charge is 0.399 e. The van der Waals surface area contributed by atoms with Gasteiger partial charge in [0.2, 0.25) is 0 Å². The Morgan fingerprint density at radius 1 is 1.10 bits per heavy atom. The van der Waals surface area contributed by atoms with Gasteiger partial charge in [-0.15, -0.1) is 5.10 Å². The van der Waals surface area contributed by atoms with Crippen molar-refractivity contribution in [3.63, 3.8) is 0 Å². The number of nitrogen functional groups attached to an aromatic ring is 1. The lowest BCUT2D eigenvalue weighted by atomic mass is 10.1. The molecule has 0 aliphatic carbocycles. The molecule has 2 N–H and O–H groups in total. The molecule has 0 bridgehead atoms.